The zero-order valence-electron chi connectivity index (χ0n) is 7.82. The summed E-state index contributed by atoms with van der Waals surface area (Å²) in [7, 11) is 0. The van der Waals surface area contributed by atoms with Crippen LogP contribution in [-0.4, -0.2) is 36.3 Å². The summed E-state index contributed by atoms with van der Waals surface area (Å²) in [5.74, 6) is 1.23. The Bertz CT molecular complexity index is 285. The van der Waals surface area contributed by atoms with Crippen molar-refractivity contribution in [3.05, 3.63) is 18.0 Å². The number of rotatable bonds is 2. The molecule has 0 saturated carbocycles. The van der Waals surface area contributed by atoms with Gasteiger partial charge < -0.3 is 9.64 Å². The molecule has 1 aliphatic heterocycles. The van der Waals surface area contributed by atoms with Gasteiger partial charge >= 0.3 is 0 Å². The first-order valence-corrected chi connectivity index (χ1v) is 5.13. The van der Waals surface area contributed by atoms with Gasteiger partial charge in [-0.05, 0) is 0 Å². The second-order valence-corrected chi connectivity index (χ2v) is 3.39. The van der Waals surface area contributed by atoms with E-state index in [1.807, 2.05) is 0 Å². The second-order valence-electron chi connectivity index (χ2n) is 3.12. The van der Waals surface area contributed by atoms with Gasteiger partial charge in [0, 0.05) is 31.0 Å². The summed E-state index contributed by atoms with van der Waals surface area (Å²) in [4.78, 5) is 10.6. The molecule has 0 N–H and O–H groups in total. The third-order valence-corrected chi connectivity index (χ3v) is 2.45. The van der Waals surface area contributed by atoms with Crippen molar-refractivity contribution in [1.82, 2.24) is 9.97 Å². The first kappa shape index (κ1) is 9.68. The Kier molecular flexibility index (Phi) is 3.16. The van der Waals surface area contributed by atoms with Crippen LogP contribution < -0.4 is 4.90 Å². The van der Waals surface area contributed by atoms with Gasteiger partial charge in [-0.15, -0.1) is 11.6 Å². The number of ether oxygens (including phenoxy) is 1. The smallest absolute Gasteiger partial charge is 0.225 e. The summed E-state index contributed by atoms with van der Waals surface area (Å²) >= 11 is 5.65. The van der Waals surface area contributed by atoms with Gasteiger partial charge in [-0.2, -0.15) is 0 Å². The summed E-state index contributed by atoms with van der Waals surface area (Å²) < 4.78 is 5.25. The van der Waals surface area contributed by atoms with Crippen molar-refractivity contribution >= 4 is 17.5 Å². The van der Waals surface area contributed by atoms with E-state index >= 15 is 0 Å². The van der Waals surface area contributed by atoms with Gasteiger partial charge in [0.05, 0.1) is 19.1 Å². The van der Waals surface area contributed by atoms with E-state index in [1.165, 1.54) is 0 Å². The summed E-state index contributed by atoms with van der Waals surface area (Å²) in [6, 6.07) is 0. The Labute approximate surface area is 87.9 Å². The molecule has 1 aromatic rings. The van der Waals surface area contributed by atoms with E-state index in [0.29, 0.717) is 5.88 Å². The predicted octanol–water partition coefficient (Wildman–Crippen LogP) is 1.05. The average molecular weight is 214 g/mol. The maximum absolute atomic E-state index is 5.65. The van der Waals surface area contributed by atoms with Crippen LogP contribution in [0.25, 0.3) is 0 Å². The van der Waals surface area contributed by atoms with Gasteiger partial charge in [0.15, 0.2) is 0 Å². The molecule has 2 heterocycles. The highest BCUT2D eigenvalue weighted by atomic mass is 35.5. The van der Waals surface area contributed by atoms with Gasteiger partial charge in [-0.1, -0.05) is 0 Å². The third kappa shape index (κ3) is 2.13. The highest BCUT2D eigenvalue weighted by Crippen LogP contribution is 2.09. The monoisotopic (exact) mass is 213 g/mol. The second kappa shape index (κ2) is 4.57. The zero-order chi connectivity index (χ0) is 9.80. The fourth-order valence-corrected chi connectivity index (χ4v) is 1.48. The summed E-state index contributed by atoms with van der Waals surface area (Å²) in [5, 5.41) is 0. The van der Waals surface area contributed by atoms with Crippen molar-refractivity contribution in [1.29, 1.82) is 0 Å². The molecule has 76 valence electrons. The van der Waals surface area contributed by atoms with Crippen LogP contribution in [0.5, 0.6) is 0 Å². The van der Waals surface area contributed by atoms with E-state index in [-0.39, 0.29) is 0 Å². The largest absolute Gasteiger partial charge is 0.378 e. The van der Waals surface area contributed by atoms with E-state index in [2.05, 4.69) is 14.9 Å². The number of hydrogen-bond acceptors (Lipinski definition) is 4. The van der Waals surface area contributed by atoms with Gasteiger partial charge in [0.2, 0.25) is 5.95 Å². The van der Waals surface area contributed by atoms with Crippen LogP contribution in [0.15, 0.2) is 12.4 Å². The molecule has 2 rings (SSSR count). The van der Waals surface area contributed by atoms with E-state index in [4.69, 9.17) is 16.3 Å². The number of nitrogens with zero attached hydrogens (tertiary/aromatic N) is 3. The molecule has 0 atom stereocenters. The molecule has 0 aliphatic carbocycles. The lowest BCUT2D eigenvalue weighted by molar-refractivity contribution is 0.122. The lowest BCUT2D eigenvalue weighted by Crippen LogP contribution is -2.37. The summed E-state index contributed by atoms with van der Waals surface area (Å²) in [6.45, 7) is 3.22. The lowest BCUT2D eigenvalue weighted by atomic mass is 10.4. The first-order valence-electron chi connectivity index (χ1n) is 4.60. The highest BCUT2D eigenvalue weighted by Gasteiger charge is 2.12. The van der Waals surface area contributed by atoms with Crippen molar-refractivity contribution in [2.75, 3.05) is 31.2 Å². The maximum atomic E-state index is 5.65. The number of halogens is 1. The van der Waals surface area contributed by atoms with Gasteiger partial charge in [0.1, 0.15) is 0 Å². The standard InChI is InChI=1S/C9H12ClN3O/c10-5-8-6-11-9(12-7-8)13-1-3-14-4-2-13/h6-7H,1-5H2. The quantitative estimate of drug-likeness (QED) is 0.689. The van der Waals surface area contributed by atoms with Crippen LogP contribution in [0.3, 0.4) is 0 Å². The minimum Gasteiger partial charge on any atom is -0.378 e. The van der Waals surface area contributed by atoms with Crippen molar-refractivity contribution in [3.63, 3.8) is 0 Å². The number of alkyl halides is 1. The number of morpholine rings is 1. The van der Waals surface area contributed by atoms with Crippen LogP contribution in [0.4, 0.5) is 5.95 Å². The summed E-state index contributed by atoms with van der Waals surface area (Å²) in [5.41, 5.74) is 0.948. The molecule has 0 unspecified atom stereocenters. The van der Waals surface area contributed by atoms with Crippen molar-refractivity contribution < 1.29 is 4.74 Å². The van der Waals surface area contributed by atoms with Crippen molar-refractivity contribution in [2.45, 2.75) is 5.88 Å². The molecule has 0 radical (unpaired) electrons. The normalized spacial score (nSPS) is 17.1. The molecular formula is C9H12ClN3O. The molecule has 4 nitrogen and oxygen atoms in total. The Morgan fingerprint density at radius 3 is 2.50 bits per heavy atom. The van der Waals surface area contributed by atoms with Crippen molar-refractivity contribution in [3.8, 4) is 0 Å². The molecule has 0 bridgehead atoms. The summed E-state index contributed by atoms with van der Waals surface area (Å²) in [6.07, 6.45) is 3.54. The number of hydrogen-bond donors (Lipinski definition) is 0. The minimum atomic E-state index is 0.462. The molecule has 1 aromatic heterocycles. The Morgan fingerprint density at radius 2 is 1.93 bits per heavy atom. The zero-order valence-corrected chi connectivity index (χ0v) is 8.57. The first-order chi connectivity index (χ1) is 6.90. The Morgan fingerprint density at radius 1 is 1.29 bits per heavy atom. The molecule has 0 amide bonds. The van der Waals surface area contributed by atoms with E-state index in [0.717, 1.165) is 37.8 Å². The Balaban J connectivity index is 2.07. The van der Waals surface area contributed by atoms with Gasteiger partial charge in [-0.3, -0.25) is 0 Å². The van der Waals surface area contributed by atoms with E-state index in [1.54, 1.807) is 12.4 Å². The van der Waals surface area contributed by atoms with Gasteiger partial charge in [-0.25, -0.2) is 9.97 Å². The molecule has 0 aromatic carbocycles. The van der Waals surface area contributed by atoms with E-state index < -0.39 is 0 Å². The van der Waals surface area contributed by atoms with Crippen molar-refractivity contribution in [2.24, 2.45) is 0 Å². The molecule has 1 aliphatic rings. The molecule has 14 heavy (non-hydrogen) atoms. The predicted molar refractivity (Wildman–Crippen MR) is 54.6 cm³/mol. The fourth-order valence-electron chi connectivity index (χ4n) is 1.34. The SMILES string of the molecule is ClCc1cnc(N2CCOCC2)nc1. The third-order valence-electron chi connectivity index (χ3n) is 2.14. The van der Waals surface area contributed by atoms with Crippen LogP contribution in [0, 0.1) is 0 Å². The average Bonchev–Trinajstić information content (AvgIpc) is 2.30. The van der Waals surface area contributed by atoms with Crippen LogP contribution in [0.2, 0.25) is 0 Å². The maximum Gasteiger partial charge on any atom is 0.225 e. The lowest BCUT2D eigenvalue weighted by Gasteiger charge is -2.26. The highest BCUT2D eigenvalue weighted by molar-refractivity contribution is 6.17. The molecule has 1 saturated heterocycles. The fraction of sp³-hybridized carbons (Fsp3) is 0.556. The molecule has 0 spiro atoms. The Hall–Kier alpha value is -0.870. The number of aromatic nitrogens is 2. The molecular weight excluding hydrogens is 202 g/mol. The van der Waals surface area contributed by atoms with Gasteiger partial charge in [0.25, 0.3) is 0 Å². The van der Waals surface area contributed by atoms with Crippen LogP contribution in [-0.2, 0) is 10.6 Å². The molecule has 5 heteroatoms. The van der Waals surface area contributed by atoms with E-state index in [9.17, 15) is 0 Å². The topological polar surface area (TPSA) is 38.2 Å². The molecule has 1 fully saturated rings. The number of anilines is 1. The minimum absolute atomic E-state index is 0.462. The van der Waals surface area contributed by atoms with Crippen LogP contribution >= 0.6 is 11.6 Å². The van der Waals surface area contributed by atoms with Crippen LogP contribution in [0.1, 0.15) is 5.56 Å².